The van der Waals surface area contributed by atoms with Crippen molar-refractivity contribution in [3.8, 4) is 5.75 Å². The summed E-state index contributed by atoms with van der Waals surface area (Å²) in [6.45, 7) is -0.164. The van der Waals surface area contributed by atoms with E-state index in [2.05, 4.69) is 0 Å². The highest BCUT2D eigenvalue weighted by molar-refractivity contribution is 6.30. The van der Waals surface area contributed by atoms with Gasteiger partial charge in [0, 0.05) is 18.6 Å². The minimum atomic E-state index is -0.706. The highest BCUT2D eigenvalue weighted by Crippen LogP contribution is 2.45. The summed E-state index contributed by atoms with van der Waals surface area (Å²) in [5.74, 6) is -1.11. The van der Waals surface area contributed by atoms with Crippen LogP contribution < -0.4 is 4.74 Å². The van der Waals surface area contributed by atoms with Crippen LogP contribution in [0.5, 0.6) is 5.75 Å². The van der Waals surface area contributed by atoms with Gasteiger partial charge in [0.2, 0.25) is 0 Å². The van der Waals surface area contributed by atoms with Gasteiger partial charge in [0.1, 0.15) is 0 Å². The number of carbonyl (C=O) groups excluding carboxylic acids is 2. The number of amides is 1. The summed E-state index contributed by atoms with van der Waals surface area (Å²) in [4.78, 5) is 26.5. The van der Waals surface area contributed by atoms with E-state index in [1.54, 1.807) is 25.2 Å². The van der Waals surface area contributed by atoms with Crippen LogP contribution in [0, 0.1) is 5.82 Å². The monoisotopic (exact) mass is 419 g/mol. The Morgan fingerprint density at radius 1 is 1.17 bits per heavy atom. The third-order valence-electron chi connectivity index (χ3n) is 5.38. The SMILES string of the molecule is COc1ccc(CN(C)C(=O)COC(=O)C2(c3ccc(Cl)cc3)CCC2)cc1F. The lowest BCUT2D eigenvalue weighted by atomic mass is 9.64. The normalized spacial score (nSPS) is 14.6. The standard InChI is InChI=1S/C22H23ClFNO4/c1-25(13-15-4-9-19(28-2)18(24)12-15)20(26)14-29-21(27)22(10-3-11-22)16-5-7-17(23)8-6-16/h4-9,12H,3,10-11,13-14H2,1-2H3. The molecule has 0 atom stereocenters. The highest BCUT2D eigenvalue weighted by Gasteiger charge is 2.47. The van der Waals surface area contributed by atoms with Crippen molar-refractivity contribution in [1.82, 2.24) is 4.90 Å². The first-order chi connectivity index (χ1) is 13.9. The van der Waals surface area contributed by atoms with Crippen LogP contribution in [0.15, 0.2) is 42.5 Å². The molecule has 1 fully saturated rings. The molecule has 0 saturated heterocycles. The summed E-state index contributed by atoms with van der Waals surface area (Å²) in [7, 11) is 2.97. The molecule has 7 heteroatoms. The number of nitrogens with zero attached hydrogens (tertiary/aromatic N) is 1. The zero-order valence-electron chi connectivity index (χ0n) is 16.4. The Balaban J connectivity index is 1.58. The summed E-state index contributed by atoms with van der Waals surface area (Å²) < 4.78 is 24.1. The largest absolute Gasteiger partial charge is 0.494 e. The van der Waals surface area contributed by atoms with Crippen molar-refractivity contribution in [3.05, 3.63) is 64.4 Å². The molecule has 154 valence electrons. The smallest absolute Gasteiger partial charge is 0.317 e. The number of rotatable bonds is 7. The Morgan fingerprint density at radius 3 is 2.41 bits per heavy atom. The number of benzene rings is 2. The van der Waals surface area contributed by atoms with E-state index in [9.17, 15) is 14.0 Å². The van der Waals surface area contributed by atoms with Gasteiger partial charge in [-0.15, -0.1) is 0 Å². The Kier molecular flexibility index (Phi) is 6.42. The van der Waals surface area contributed by atoms with Crippen LogP contribution in [0.1, 0.15) is 30.4 Å². The molecule has 1 saturated carbocycles. The lowest BCUT2D eigenvalue weighted by Crippen LogP contribution is -2.45. The number of halogens is 2. The Labute approximate surface area is 174 Å². The molecular weight excluding hydrogens is 397 g/mol. The van der Waals surface area contributed by atoms with Gasteiger partial charge >= 0.3 is 5.97 Å². The van der Waals surface area contributed by atoms with Crippen molar-refractivity contribution in [2.24, 2.45) is 0 Å². The number of hydrogen-bond acceptors (Lipinski definition) is 4. The molecule has 0 spiro atoms. The topological polar surface area (TPSA) is 55.8 Å². The highest BCUT2D eigenvalue weighted by atomic mass is 35.5. The number of esters is 1. The molecule has 2 aromatic rings. The van der Waals surface area contributed by atoms with Gasteiger partial charge in [-0.1, -0.05) is 36.2 Å². The molecule has 0 bridgehead atoms. The van der Waals surface area contributed by atoms with Gasteiger partial charge in [-0.2, -0.15) is 0 Å². The van der Waals surface area contributed by atoms with E-state index in [1.165, 1.54) is 24.1 Å². The van der Waals surface area contributed by atoms with Crippen LogP contribution >= 0.6 is 11.6 Å². The van der Waals surface area contributed by atoms with Crippen molar-refractivity contribution >= 4 is 23.5 Å². The minimum absolute atomic E-state index is 0.143. The van der Waals surface area contributed by atoms with E-state index >= 15 is 0 Å². The number of carbonyl (C=O) groups is 2. The molecule has 1 aliphatic carbocycles. The lowest BCUT2D eigenvalue weighted by Gasteiger charge is -2.39. The first-order valence-electron chi connectivity index (χ1n) is 9.35. The summed E-state index contributed by atoms with van der Waals surface area (Å²) in [5, 5.41) is 0.600. The fourth-order valence-electron chi connectivity index (χ4n) is 3.46. The van der Waals surface area contributed by atoms with Crippen LogP contribution in [0.4, 0.5) is 4.39 Å². The van der Waals surface area contributed by atoms with E-state index in [1.807, 2.05) is 12.1 Å². The Morgan fingerprint density at radius 2 is 1.86 bits per heavy atom. The Bertz CT molecular complexity index is 896. The molecule has 0 unspecified atom stereocenters. The molecule has 0 aromatic heterocycles. The van der Waals surface area contributed by atoms with Gasteiger partial charge in [0.15, 0.2) is 18.2 Å². The zero-order valence-corrected chi connectivity index (χ0v) is 17.2. The molecular formula is C22H23ClFNO4. The van der Waals surface area contributed by atoms with Crippen molar-refractivity contribution in [3.63, 3.8) is 0 Å². The number of ether oxygens (including phenoxy) is 2. The maximum Gasteiger partial charge on any atom is 0.317 e. The molecule has 0 N–H and O–H groups in total. The van der Waals surface area contributed by atoms with E-state index < -0.39 is 17.2 Å². The molecule has 1 amide bonds. The first kappa shape index (κ1) is 21.1. The van der Waals surface area contributed by atoms with Crippen LogP contribution in [0.3, 0.4) is 0 Å². The third-order valence-corrected chi connectivity index (χ3v) is 5.64. The second-order valence-electron chi connectivity index (χ2n) is 7.24. The maximum atomic E-state index is 13.8. The van der Waals surface area contributed by atoms with Crippen molar-refractivity contribution < 1.29 is 23.5 Å². The van der Waals surface area contributed by atoms with Crippen LogP contribution in [-0.2, 0) is 26.3 Å². The van der Waals surface area contributed by atoms with Crippen molar-refractivity contribution in [2.75, 3.05) is 20.8 Å². The summed E-state index contributed by atoms with van der Waals surface area (Å²) in [6.07, 6.45) is 2.29. The zero-order chi connectivity index (χ0) is 21.0. The van der Waals surface area contributed by atoms with E-state index in [4.69, 9.17) is 21.1 Å². The summed E-state index contributed by atoms with van der Waals surface area (Å²) >= 11 is 5.94. The number of methoxy groups -OCH3 is 1. The number of likely N-dealkylation sites (N-methyl/N-ethyl adjacent to an activating group) is 1. The predicted molar refractivity (Wildman–Crippen MR) is 107 cm³/mol. The Hall–Kier alpha value is -2.60. The molecule has 29 heavy (non-hydrogen) atoms. The van der Waals surface area contributed by atoms with Crippen molar-refractivity contribution in [1.29, 1.82) is 0 Å². The van der Waals surface area contributed by atoms with Gasteiger partial charge in [0.25, 0.3) is 5.91 Å². The van der Waals surface area contributed by atoms with E-state index in [0.717, 1.165) is 12.0 Å². The fraction of sp³-hybridized carbons (Fsp3) is 0.364. The van der Waals surface area contributed by atoms with Gasteiger partial charge < -0.3 is 14.4 Å². The molecule has 0 radical (unpaired) electrons. The first-order valence-corrected chi connectivity index (χ1v) is 9.73. The quantitative estimate of drug-likeness (QED) is 0.634. The maximum absolute atomic E-state index is 13.8. The average molecular weight is 420 g/mol. The predicted octanol–water partition coefficient (Wildman–Crippen LogP) is 4.11. The third kappa shape index (κ3) is 4.53. The van der Waals surface area contributed by atoms with Crippen LogP contribution in [0.25, 0.3) is 0 Å². The van der Waals surface area contributed by atoms with E-state index in [-0.39, 0.29) is 24.8 Å². The summed E-state index contributed by atoms with van der Waals surface area (Å²) in [5.41, 5.74) is 0.762. The molecule has 5 nitrogen and oxygen atoms in total. The van der Waals surface area contributed by atoms with Gasteiger partial charge in [-0.3, -0.25) is 9.59 Å². The fourth-order valence-corrected chi connectivity index (χ4v) is 3.58. The molecule has 0 heterocycles. The van der Waals surface area contributed by atoms with Gasteiger partial charge in [-0.25, -0.2) is 4.39 Å². The second kappa shape index (κ2) is 8.82. The average Bonchev–Trinajstić information content (AvgIpc) is 2.66. The molecule has 2 aromatic carbocycles. The van der Waals surface area contributed by atoms with Gasteiger partial charge in [0.05, 0.1) is 12.5 Å². The van der Waals surface area contributed by atoms with Gasteiger partial charge in [-0.05, 0) is 48.2 Å². The summed E-state index contributed by atoms with van der Waals surface area (Å²) in [6, 6.07) is 11.7. The van der Waals surface area contributed by atoms with Crippen molar-refractivity contribution in [2.45, 2.75) is 31.2 Å². The lowest BCUT2D eigenvalue weighted by molar-refractivity contribution is -0.160. The minimum Gasteiger partial charge on any atom is -0.494 e. The molecule has 0 aliphatic heterocycles. The number of hydrogen-bond donors (Lipinski definition) is 0. The molecule has 3 rings (SSSR count). The van der Waals surface area contributed by atoms with E-state index in [0.29, 0.717) is 23.4 Å². The second-order valence-corrected chi connectivity index (χ2v) is 7.67. The van der Waals surface area contributed by atoms with Crippen LogP contribution in [-0.4, -0.2) is 37.5 Å². The molecule has 1 aliphatic rings. The van der Waals surface area contributed by atoms with Crippen LogP contribution in [0.2, 0.25) is 5.02 Å².